The molecule has 1 aliphatic rings. The Morgan fingerprint density at radius 2 is 2.19 bits per heavy atom. The van der Waals surface area contributed by atoms with E-state index in [9.17, 15) is 0 Å². The highest BCUT2D eigenvalue weighted by Crippen LogP contribution is 2.35. The van der Waals surface area contributed by atoms with Crippen molar-refractivity contribution in [2.24, 2.45) is 0 Å². The van der Waals surface area contributed by atoms with Crippen molar-refractivity contribution in [1.29, 1.82) is 0 Å². The molecular formula is C12H20N2S2. The minimum atomic E-state index is 0.308. The molecule has 2 nitrogen and oxygen atoms in total. The number of piperazine rings is 1. The first-order valence-electron chi connectivity index (χ1n) is 5.81. The van der Waals surface area contributed by atoms with Crippen LogP contribution in [0.3, 0.4) is 0 Å². The molecule has 1 aliphatic heterocycles. The minimum Gasteiger partial charge on any atom is -0.314 e. The highest BCUT2D eigenvalue weighted by Gasteiger charge is 2.24. The summed E-state index contributed by atoms with van der Waals surface area (Å²) >= 11 is 3.85. The van der Waals surface area contributed by atoms with Crippen molar-refractivity contribution in [3.05, 3.63) is 17.5 Å². The molecular weight excluding hydrogens is 236 g/mol. The molecule has 1 aromatic heterocycles. The van der Waals surface area contributed by atoms with Crippen LogP contribution in [0.1, 0.15) is 13.8 Å². The normalized spacial score (nSPS) is 18.9. The zero-order valence-electron chi connectivity index (χ0n) is 10.0. The van der Waals surface area contributed by atoms with Gasteiger partial charge in [0.05, 0.1) is 4.21 Å². The van der Waals surface area contributed by atoms with Crippen LogP contribution < -0.4 is 5.32 Å². The van der Waals surface area contributed by atoms with E-state index in [1.165, 1.54) is 23.8 Å². The lowest BCUT2D eigenvalue weighted by molar-refractivity contribution is 0.226. The molecule has 0 aromatic carbocycles. The smallest absolute Gasteiger partial charge is 0.0604 e. The van der Waals surface area contributed by atoms with Crippen molar-refractivity contribution in [3.8, 4) is 0 Å². The van der Waals surface area contributed by atoms with Crippen LogP contribution in [0.4, 0.5) is 0 Å². The maximum atomic E-state index is 3.40. The van der Waals surface area contributed by atoms with Gasteiger partial charge in [0.25, 0.3) is 0 Å². The van der Waals surface area contributed by atoms with Gasteiger partial charge in [0.1, 0.15) is 0 Å². The molecule has 1 N–H and O–H groups in total. The summed E-state index contributed by atoms with van der Waals surface area (Å²) in [5, 5.41) is 5.56. The first-order valence-corrected chi connectivity index (χ1v) is 7.51. The summed E-state index contributed by atoms with van der Waals surface area (Å²) in [6.45, 7) is 10.5. The molecule has 0 bridgehead atoms. The molecule has 0 amide bonds. The van der Waals surface area contributed by atoms with E-state index in [1.807, 2.05) is 23.1 Å². The fourth-order valence-corrected chi connectivity index (χ4v) is 4.46. The van der Waals surface area contributed by atoms with E-state index in [0.29, 0.717) is 4.75 Å². The summed E-state index contributed by atoms with van der Waals surface area (Å²) < 4.78 is 1.74. The number of thioether (sulfide) groups is 1. The monoisotopic (exact) mass is 256 g/mol. The van der Waals surface area contributed by atoms with Crippen LogP contribution in [0, 0.1) is 0 Å². The van der Waals surface area contributed by atoms with Gasteiger partial charge in [-0.05, 0) is 25.3 Å². The predicted octanol–water partition coefficient (Wildman–Crippen LogP) is 2.52. The predicted molar refractivity (Wildman–Crippen MR) is 73.6 cm³/mol. The van der Waals surface area contributed by atoms with E-state index in [4.69, 9.17) is 0 Å². The number of nitrogens with zero attached hydrogens (tertiary/aromatic N) is 1. The van der Waals surface area contributed by atoms with Crippen molar-refractivity contribution in [1.82, 2.24) is 10.2 Å². The molecule has 1 aromatic rings. The highest BCUT2D eigenvalue weighted by atomic mass is 32.2. The lowest BCUT2D eigenvalue weighted by atomic mass is 10.2. The molecule has 4 heteroatoms. The van der Waals surface area contributed by atoms with Gasteiger partial charge in [-0.15, -0.1) is 23.1 Å². The molecule has 90 valence electrons. The van der Waals surface area contributed by atoms with Gasteiger partial charge in [-0.25, -0.2) is 0 Å². The van der Waals surface area contributed by atoms with Crippen LogP contribution in [0.5, 0.6) is 0 Å². The number of hydrogen-bond acceptors (Lipinski definition) is 4. The van der Waals surface area contributed by atoms with Crippen LogP contribution in [0.15, 0.2) is 21.7 Å². The van der Waals surface area contributed by atoms with Crippen LogP contribution in [-0.4, -0.2) is 42.4 Å². The van der Waals surface area contributed by atoms with E-state index in [1.54, 1.807) is 0 Å². The Bertz CT molecular complexity index is 303. The summed E-state index contributed by atoms with van der Waals surface area (Å²) in [4.78, 5) is 2.57. The van der Waals surface area contributed by atoms with Crippen molar-refractivity contribution in [3.63, 3.8) is 0 Å². The molecule has 2 heterocycles. The topological polar surface area (TPSA) is 15.3 Å². The second-order valence-electron chi connectivity index (χ2n) is 4.82. The number of thiophene rings is 1. The minimum absolute atomic E-state index is 0.308. The molecule has 1 saturated heterocycles. The van der Waals surface area contributed by atoms with E-state index in [-0.39, 0.29) is 0 Å². The first kappa shape index (κ1) is 12.4. The number of hydrogen-bond donors (Lipinski definition) is 1. The van der Waals surface area contributed by atoms with Crippen LogP contribution >= 0.6 is 23.1 Å². The zero-order chi connectivity index (χ0) is 11.4. The van der Waals surface area contributed by atoms with E-state index in [2.05, 4.69) is 41.6 Å². The summed E-state index contributed by atoms with van der Waals surface area (Å²) in [5.41, 5.74) is 0. The summed E-state index contributed by atoms with van der Waals surface area (Å²) in [7, 11) is 0. The van der Waals surface area contributed by atoms with Crippen LogP contribution in [0.25, 0.3) is 0 Å². The Morgan fingerprint density at radius 3 is 2.81 bits per heavy atom. The number of nitrogens with one attached hydrogen (secondary N) is 1. The lowest BCUT2D eigenvalue weighted by Crippen LogP contribution is -2.47. The van der Waals surface area contributed by atoms with E-state index in [0.717, 1.165) is 13.1 Å². The van der Waals surface area contributed by atoms with Crippen LogP contribution in [0.2, 0.25) is 0 Å². The fraction of sp³-hybridized carbons (Fsp3) is 0.667. The van der Waals surface area contributed by atoms with Gasteiger partial charge in [0.15, 0.2) is 0 Å². The maximum Gasteiger partial charge on any atom is 0.0604 e. The third-order valence-electron chi connectivity index (χ3n) is 2.69. The summed E-state index contributed by atoms with van der Waals surface area (Å²) in [6.07, 6.45) is 0. The van der Waals surface area contributed by atoms with Crippen molar-refractivity contribution in [2.75, 3.05) is 32.7 Å². The van der Waals surface area contributed by atoms with Gasteiger partial charge in [-0.2, -0.15) is 0 Å². The zero-order valence-corrected chi connectivity index (χ0v) is 11.7. The Morgan fingerprint density at radius 1 is 1.44 bits per heavy atom. The third kappa shape index (κ3) is 3.77. The van der Waals surface area contributed by atoms with Gasteiger partial charge in [-0.3, -0.25) is 4.90 Å². The van der Waals surface area contributed by atoms with Crippen molar-refractivity contribution in [2.45, 2.75) is 22.8 Å². The highest BCUT2D eigenvalue weighted by molar-refractivity contribution is 8.02. The van der Waals surface area contributed by atoms with E-state index < -0.39 is 0 Å². The van der Waals surface area contributed by atoms with Crippen LogP contribution in [-0.2, 0) is 0 Å². The molecule has 0 spiro atoms. The van der Waals surface area contributed by atoms with Gasteiger partial charge >= 0.3 is 0 Å². The Kier molecular flexibility index (Phi) is 4.30. The standard InChI is InChI=1S/C12H20N2S2/c1-12(2,16-11-4-3-9-15-11)10-14-7-5-13-6-8-14/h3-4,9,13H,5-8,10H2,1-2H3. The quantitative estimate of drug-likeness (QED) is 0.834. The maximum absolute atomic E-state index is 3.40. The summed E-state index contributed by atoms with van der Waals surface area (Å²) in [5.74, 6) is 0. The first-order chi connectivity index (χ1) is 7.66. The molecule has 0 atom stereocenters. The SMILES string of the molecule is CC(C)(CN1CCNCC1)Sc1cccs1. The fourth-order valence-electron chi connectivity index (χ4n) is 2.03. The Hall–Kier alpha value is -0.0300. The molecule has 0 unspecified atom stereocenters. The van der Waals surface area contributed by atoms with Gasteiger partial charge in [0, 0.05) is 37.5 Å². The molecule has 0 radical (unpaired) electrons. The second kappa shape index (κ2) is 5.54. The average Bonchev–Trinajstić information content (AvgIpc) is 2.70. The molecule has 16 heavy (non-hydrogen) atoms. The molecule has 1 fully saturated rings. The van der Waals surface area contributed by atoms with Gasteiger partial charge in [0.2, 0.25) is 0 Å². The summed E-state index contributed by atoms with van der Waals surface area (Å²) in [6, 6.07) is 4.35. The average molecular weight is 256 g/mol. The van der Waals surface area contributed by atoms with Crippen molar-refractivity contribution >= 4 is 23.1 Å². The largest absolute Gasteiger partial charge is 0.314 e. The van der Waals surface area contributed by atoms with E-state index >= 15 is 0 Å². The molecule has 0 aliphatic carbocycles. The lowest BCUT2D eigenvalue weighted by Gasteiger charge is -2.34. The molecule has 0 saturated carbocycles. The Labute approximate surface area is 106 Å². The van der Waals surface area contributed by atoms with Gasteiger partial charge in [-0.1, -0.05) is 6.07 Å². The Balaban J connectivity index is 1.86. The molecule has 2 rings (SSSR count). The second-order valence-corrected chi connectivity index (χ2v) is 7.78. The van der Waals surface area contributed by atoms with Crippen molar-refractivity contribution < 1.29 is 0 Å². The third-order valence-corrected chi connectivity index (χ3v) is 4.91. The number of rotatable bonds is 4. The van der Waals surface area contributed by atoms with Gasteiger partial charge < -0.3 is 5.32 Å².